The number of nitrogens with zero attached hydrogens (tertiary/aromatic N) is 4. The minimum atomic E-state index is -0.276. The maximum Gasteiger partial charge on any atom is 0.260 e. The molecule has 0 unspecified atom stereocenters. The van der Waals surface area contributed by atoms with Crippen LogP contribution in [0.4, 0.5) is 5.69 Å². The number of fused-ring (bicyclic) bond motifs is 1. The lowest BCUT2D eigenvalue weighted by Crippen LogP contribution is -2.38. The molecule has 0 radical (unpaired) electrons. The SMILES string of the molecule is CCOc1cc(C(=O)Nc2ccc(-c3cn4cccnc4n3)cc2)ccc1OCC(=O)N1CCCCC1. The summed E-state index contributed by atoms with van der Waals surface area (Å²) in [4.78, 5) is 36.0. The highest BCUT2D eigenvalue weighted by molar-refractivity contribution is 6.04. The van der Waals surface area contributed by atoms with Gasteiger partial charge in [0, 0.05) is 48.5 Å². The zero-order valence-electron chi connectivity index (χ0n) is 20.7. The zero-order chi connectivity index (χ0) is 25.6. The molecule has 1 saturated heterocycles. The van der Waals surface area contributed by atoms with Gasteiger partial charge in [0.15, 0.2) is 18.1 Å². The van der Waals surface area contributed by atoms with Crippen molar-refractivity contribution in [3.8, 4) is 22.8 Å². The first-order valence-electron chi connectivity index (χ1n) is 12.5. The lowest BCUT2D eigenvalue weighted by Gasteiger charge is -2.26. The van der Waals surface area contributed by atoms with Crippen molar-refractivity contribution >= 4 is 23.3 Å². The van der Waals surface area contributed by atoms with Gasteiger partial charge in [-0.3, -0.25) is 14.0 Å². The van der Waals surface area contributed by atoms with Gasteiger partial charge in [-0.2, -0.15) is 0 Å². The monoisotopic (exact) mass is 499 g/mol. The van der Waals surface area contributed by atoms with E-state index in [4.69, 9.17) is 9.47 Å². The van der Waals surface area contributed by atoms with E-state index in [9.17, 15) is 9.59 Å². The number of carbonyl (C=O) groups excluding carboxylic acids is 2. The Morgan fingerprint density at radius 3 is 2.57 bits per heavy atom. The Labute approximate surface area is 215 Å². The Balaban J connectivity index is 1.24. The van der Waals surface area contributed by atoms with Gasteiger partial charge in [-0.1, -0.05) is 12.1 Å². The summed E-state index contributed by atoms with van der Waals surface area (Å²) in [5, 5.41) is 2.91. The first kappa shape index (κ1) is 24.3. The number of ether oxygens (including phenoxy) is 2. The van der Waals surface area contributed by atoms with Gasteiger partial charge in [-0.15, -0.1) is 0 Å². The normalized spacial score (nSPS) is 13.4. The second-order valence-corrected chi connectivity index (χ2v) is 8.81. The highest BCUT2D eigenvalue weighted by atomic mass is 16.5. The number of hydrogen-bond acceptors (Lipinski definition) is 6. The molecule has 2 amide bonds. The molecule has 9 nitrogen and oxygen atoms in total. The van der Waals surface area contributed by atoms with Gasteiger partial charge in [0.2, 0.25) is 5.78 Å². The van der Waals surface area contributed by atoms with Gasteiger partial charge >= 0.3 is 0 Å². The molecule has 1 aliphatic heterocycles. The molecule has 1 aliphatic rings. The van der Waals surface area contributed by atoms with E-state index in [1.807, 2.05) is 58.9 Å². The van der Waals surface area contributed by atoms with Crippen LogP contribution in [0.5, 0.6) is 11.5 Å². The van der Waals surface area contributed by atoms with Crippen LogP contribution in [-0.4, -0.2) is 57.4 Å². The van der Waals surface area contributed by atoms with Crippen LogP contribution >= 0.6 is 0 Å². The average molecular weight is 500 g/mol. The predicted molar refractivity (Wildman–Crippen MR) is 140 cm³/mol. The van der Waals surface area contributed by atoms with Crippen LogP contribution in [0.25, 0.3) is 17.0 Å². The molecule has 0 atom stereocenters. The highest BCUT2D eigenvalue weighted by Gasteiger charge is 2.18. The van der Waals surface area contributed by atoms with Crippen LogP contribution in [-0.2, 0) is 4.79 Å². The molecular formula is C28H29N5O4. The molecule has 4 aromatic rings. The van der Waals surface area contributed by atoms with E-state index >= 15 is 0 Å². The third-order valence-electron chi connectivity index (χ3n) is 6.24. The van der Waals surface area contributed by atoms with Crippen LogP contribution in [0.1, 0.15) is 36.5 Å². The number of benzene rings is 2. The molecule has 3 heterocycles. The van der Waals surface area contributed by atoms with Crippen molar-refractivity contribution in [1.82, 2.24) is 19.3 Å². The lowest BCUT2D eigenvalue weighted by atomic mass is 10.1. The quantitative estimate of drug-likeness (QED) is 0.385. The summed E-state index contributed by atoms with van der Waals surface area (Å²) in [5.41, 5.74) is 2.80. The Morgan fingerprint density at radius 1 is 1.00 bits per heavy atom. The molecule has 190 valence electrons. The molecule has 2 aromatic heterocycles. The molecule has 0 saturated carbocycles. The van der Waals surface area contributed by atoms with Crippen molar-refractivity contribution in [2.75, 3.05) is 31.6 Å². The Morgan fingerprint density at radius 2 is 1.81 bits per heavy atom. The number of rotatable bonds is 8. The van der Waals surface area contributed by atoms with Crippen molar-refractivity contribution in [3.05, 3.63) is 72.7 Å². The molecule has 37 heavy (non-hydrogen) atoms. The fraction of sp³-hybridized carbons (Fsp3) is 0.286. The number of carbonyl (C=O) groups is 2. The number of nitrogens with one attached hydrogen (secondary N) is 1. The van der Waals surface area contributed by atoms with E-state index in [1.54, 1.807) is 24.4 Å². The van der Waals surface area contributed by atoms with Crippen LogP contribution in [0.15, 0.2) is 67.1 Å². The van der Waals surface area contributed by atoms with Gasteiger partial charge in [0.05, 0.1) is 12.3 Å². The van der Waals surface area contributed by atoms with Gasteiger partial charge in [-0.25, -0.2) is 9.97 Å². The zero-order valence-corrected chi connectivity index (χ0v) is 20.7. The summed E-state index contributed by atoms with van der Waals surface area (Å²) in [6.45, 7) is 3.76. The smallest absolute Gasteiger partial charge is 0.260 e. The summed E-state index contributed by atoms with van der Waals surface area (Å²) in [6.07, 6.45) is 8.73. The molecule has 9 heteroatoms. The number of imidazole rings is 1. The number of likely N-dealkylation sites (tertiary alicyclic amines) is 1. The first-order valence-corrected chi connectivity index (χ1v) is 12.5. The number of piperidine rings is 1. The summed E-state index contributed by atoms with van der Waals surface area (Å²) in [6, 6.07) is 14.3. The van der Waals surface area contributed by atoms with E-state index in [0.29, 0.717) is 35.1 Å². The third kappa shape index (κ3) is 5.72. The molecule has 0 spiro atoms. The fourth-order valence-corrected chi connectivity index (χ4v) is 4.31. The molecule has 0 bridgehead atoms. The third-order valence-corrected chi connectivity index (χ3v) is 6.24. The summed E-state index contributed by atoms with van der Waals surface area (Å²) < 4.78 is 13.3. The maximum absolute atomic E-state index is 12.9. The van der Waals surface area contributed by atoms with Crippen molar-refractivity contribution in [3.63, 3.8) is 0 Å². The summed E-state index contributed by atoms with van der Waals surface area (Å²) in [5.74, 6) is 1.18. The Bertz CT molecular complexity index is 1360. The van der Waals surface area contributed by atoms with E-state index in [-0.39, 0.29) is 18.4 Å². The van der Waals surface area contributed by atoms with Gasteiger partial charge in [-0.05, 0) is 62.6 Å². The maximum atomic E-state index is 12.9. The summed E-state index contributed by atoms with van der Waals surface area (Å²) >= 11 is 0. The predicted octanol–water partition coefficient (Wildman–Crippen LogP) is 4.44. The van der Waals surface area contributed by atoms with Crippen LogP contribution in [0, 0.1) is 0 Å². The highest BCUT2D eigenvalue weighted by Crippen LogP contribution is 2.29. The second kappa shape index (κ2) is 11.1. The standard InChI is InChI=1S/C28H29N5O4/c1-2-36-25-17-21(9-12-24(25)37-19-26(34)32-14-4-3-5-15-32)27(35)30-22-10-7-20(8-11-22)23-18-33-16-6-13-29-28(33)31-23/h6-13,16-18H,2-5,14-15,19H2,1H3,(H,30,35). The second-order valence-electron chi connectivity index (χ2n) is 8.81. The van der Waals surface area contributed by atoms with Crippen LogP contribution < -0.4 is 14.8 Å². The van der Waals surface area contributed by atoms with Gasteiger partial charge < -0.3 is 19.7 Å². The van der Waals surface area contributed by atoms with Crippen LogP contribution in [0.2, 0.25) is 0 Å². The Hall–Kier alpha value is -4.40. The Kier molecular flexibility index (Phi) is 7.30. The molecule has 1 fully saturated rings. The van der Waals surface area contributed by atoms with E-state index in [2.05, 4.69) is 15.3 Å². The number of hydrogen-bond donors (Lipinski definition) is 1. The lowest BCUT2D eigenvalue weighted by molar-refractivity contribution is -0.134. The topological polar surface area (TPSA) is 98.1 Å². The molecule has 5 rings (SSSR count). The van der Waals surface area contributed by atoms with Crippen molar-refractivity contribution < 1.29 is 19.1 Å². The number of aromatic nitrogens is 3. The summed E-state index contributed by atoms with van der Waals surface area (Å²) in [7, 11) is 0. The molecule has 0 aliphatic carbocycles. The van der Waals surface area contributed by atoms with Gasteiger partial charge in [0.25, 0.3) is 11.8 Å². The van der Waals surface area contributed by atoms with Crippen molar-refractivity contribution in [2.45, 2.75) is 26.2 Å². The molecule has 1 N–H and O–H groups in total. The minimum Gasteiger partial charge on any atom is -0.490 e. The van der Waals surface area contributed by atoms with Gasteiger partial charge in [0.1, 0.15) is 0 Å². The average Bonchev–Trinajstić information content (AvgIpc) is 3.37. The van der Waals surface area contributed by atoms with E-state index < -0.39 is 0 Å². The molecule has 2 aromatic carbocycles. The van der Waals surface area contributed by atoms with E-state index in [0.717, 1.165) is 43.6 Å². The number of anilines is 1. The van der Waals surface area contributed by atoms with Crippen molar-refractivity contribution in [2.24, 2.45) is 0 Å². The fourth-order valence-electron chi connectivity index (χ4n) is 4.31. The largest absolute Gasteiger partial charge is 0.490 e. The van der Waals surface area contributed by atoms with E-state index in [1.165, 1.54) is 0 Å². The minimum absolute atomic E-state index is 0.0349. The van der Waals surface area contributed by atoms with Crippen molar-refractivity contribution in [1.29, 1.82) is 0 Å². The first-order chi connectivity index (χ1) is 18.1. The number of amides is 2. The van der Waals surface area contributed by atoms with Crippen LogP contribution in [0.3, 0.4) is 0 Å². The molecular weight excluding hydrogens is 470 g/mol.